The topological polar surface area (TPSA) is 133 Å². The second-order valence-electron chi connectivity index (χ2n) is 9.85. The summed E-state index contributed by atoms with van der Waals surface area (Å²) in [6, 6.07) is 15.4. The van der Waals surface area contributed by atoms with Crippen molar-refractivity contribution < 1.29 is 31.5 Å². The fraction of sp³-hybridized carbons (Fsp3) is 0.370. The summed E-state index contributed by atoms with van der Waals surface area (Å²) in [5.41, 5.74) is 0.706. The molecule has 0 unspecified atom stereocenters. The number of thiophene rings is 1. The van der Waals surface area contributed by atoms with Gasteiger partial charge in [0.05, 0.1) is 30.5 Å². The number of carbonyl (C=O) groups excluding carboxylic acids is 1. The van der Waals surface area contributed by atoms with Gasteiger partial charge in [0.2, 0.25) is 15.9 Å². The molecule has 0 saturated heterocycles. The molecule has 40 heavy (non-hydrogen) atoms. The molecule has 0 saturated carbocycles. The zero-order valence-corrected chi connectivity index (χ0v) is 24.9. The normalized spacial score (nSPS) is 19.2. The Morgan fingerprint density at radius 1 is 1.12 bits per heavy atom. The number of likely N-dealkylation sites (N-methyl/N-ethyl adjacent to an activating group) is 1. The van der Waals surface area contributed by atoms with E-state index in [2.05, 4.69) is 4.72 Å². The Labute approximate surface area is 239 Å². The first kappa shape index (κ1) is 30.0. The quantitative estimate of drug-likeness (QED) is 0.382. The van der Waals surface area contributed by atoms with Crippen molar-refractivity contribution in [2.24, 2.45) is 5.92 Å². The molecule has 1 aromatic heterocycles. The van der Waals surface area contributed by atoms with Gasteiger partial charge in [0.15, 0.2) is 0 Å². The van der Waals surface area contributed by atoms with Crippen LogP contribution in [0.4, 0.5) is 5.69 Å². The highest BCUT2D eigenvalue weighted by Crippen LogP contribution is 2.31. The molecule has 3 aromatic rings. The minimum absolute atomic E-state index is 0.000128. The summed E-state index contributed by atoms with van der Waals surface area (Å²) in [5.74, 6) is -0.218. The summed E-state index contributed by atoms with van der Waals surface area (Å²) in [7, 11) is -6.14. The minimum Gasteiger partial charge on any atom is -0.488 e. The summed E-state index contributed by atoms with van der Waals surface area (Å²) in [6.45, 7) is 3.58. The molecule has 3 atom stereocenters. The van der Waals surface area contributed by atoms with E-state index in [1.807, 2.05) is 6.92 Å². The third-order valence-electron chi connectivity index (χ3n) is 6.82. The Kier molecular flexibility index (Phi) is 9.20. The van der Waals surface area contributed by atoms with Crippen molar-refractivity contribution >= 4 is 43.0 Å². The number of aliphatic hydroxyl groups excluding tert-OH is 1. The maximum atomic E-state index is 13.4. The van der Waals surface area contributed by atoms with Crippen LogP contribution in [-0.4, -0.2) is 75.9 Å². The fourth-order valence-corrected chi connectivity index (χ4v) is 7.70. The largest absolute Gasteiger partial charge is 0.488 e. The number of amides is 1. The molecule has 0 aliphatic carbocycles. The molecule has 2 heterocycles. The average Bonchev–Trinajstić information content (AvgIpc) is 3.49. The van der Waals surface area contributed by atoms with E-state index in [4.69, 9.17) is 4.74 Å². The first-order valence-electron chi connectivity index (χ1n) is 12.7. The Morgan fingerprint density at radius 3 is 2.50 bits per heavy atom. The van der Waals surface area contributed by atoms with Gasteiger partial charge in [-0.25, -0.2) is 16.8 Å². The Bertz CT molecular complexity index is 1530. The molecule has 0 spiro atoms. The third-order valence-corrected chi connectivity index (χ3v) is 11.4. The van der Waals surface area contributed by atoms with Crippen molar-refractivity contribution in [3.05, 3.63) is 71.6 Å². The van der Waals surface area contributed by atoms with Crippen molar-refractivity contribution in [2.75, 3.05) is 31.5 Å². The molecule has 216 valence electrons. The molecule has 1 aliphatic heterocycles. The van der Waals surface area contributed by atoms with Crippen LogP contribution in [0.1, 0.15) is 19.4 Å². The summed E-state index contributed by atoms with van der Waals surface area (Å²) in [6.07, 6.45) is -0.749. The molecule has 1 aliphatic rings. The fourth-order valence-electron chi connectivity index (χ4n) is 4.46. The standard InChI is InChI=1S/C27H33N3O7S3/c1-19-16-30(20(2)18-31)26(32)15-21-14-22(28-39(33,34)27-10-7-13-38-27)11-12-24(21)37-25(19)17-29(3)40(35,36)23-8-5-4-6-9-23/h4-14,19-20,25,28,31H,15-18H2,1-3H3/t19-,20-,25-/m0/s1. The predicted molar refractivity (Wildman–Crippen MR) is 153 cm³/mol. The van der Waals surface area contributed by atoms with Gasteiger partial charge in [0, 0.05) is 30.8 Å². The molecule has 0 fully saturated rings. The highest BCUT2D eigenvalue weighted by molar-refractivity contribution is 7.94. The smallest absolute Gasteiger partial charge is 0.271 e. The van der Waals surface area contributed by atoms with E-state index in [9.17, 15) is 26.7 Å². The number of anilines is 1. The van der Waals surface area contributed by atoms with Gasteiger partial charge in [0.25, 0.3) is 10.0 Å². The van der Waals surface area contributed by atoms with E-state index in [-0.39, 0.29) is 52.7 Å². The van der Waals surface area contributed by atoms with Gasteiger partial charge in [-0.1, -0.05) is 31.2 Å². The van der Waals surface area contributed by atoms with Gasteiger partial charge in [0.1, 0.15) is 16.1 Å². The number of rotatable bonds is 9. The number of nitrogens with one attached hydrogen (secondary N) is 1. The molecular weight excluding hydrogens is 575 g/mol. The first-order chi connectivity index (χ1) is 18.9. The third kappa shape index (κ3) is 6.66. The summed E-state index contributed by atoms with van der Waals surface area (Å²) < 4.78 is 62.3. The van der Waals surface area contributed by atoms with Crippen molar-refractivity contribution in [3.8, 4) is 5.75 Å². The van der Waals surface area contributed by atoms with Crippen molar-refractivity contribution in [1.82, 2.24) is 9.21 Å². The number of nitrogens with zero attached hydrogens (tertiary/aromatic N) is 2. The van der Waals surface area contributed by atoms with E-state index >= 15 is 0 Å². The molecule has 2 aromatic carbocycles. The number of sulfonamides is 2. The van der Waals surface area contributed by atoms with Crippen molar-refractivity contribution in [1.29, 1.82) is 0 Å². The van der Waals surface area contributed by atoms with Crippen LogP contribution in [0.3, 0.4) is 0 Å². The molecular formula is C27H33N3O7S3. The lowest BCUT2D eigenvalue weighted by Crippen LogP contribution is -2.48. The average molecular weight is 608 g/mol. The lowest BCUT2D eigenvalue weighted by molar-refractivity contribution is -0.134. The van der Waals surface area contributed by atoms with Crippen LogP contribution in [0, 0.1) is 5.92 Å². The molecule has 13 heteroatoms. The predicted octanol–water partition coefficient (Wildman–Crippen LogP) is 3.02. The number of hydrogen-bond donors (Lipinski definition) is 2. The first-order valence-corrected chi connectivity index (χ1v) is 16.5. The summed E-state index contributed by atoms with van der Waals surface area (Å²) in [5, 5.41) is 11.5. The number of hydrogen-bond acceptors (Lipinski definition) is 8. The van der Waals surface area contributed by atoms with Crippen molar-refractivity contribution in [2.45, 2.75) is 41.5 Å². The Morgan fingerprint density at radius 2 is 1.85 bits per heavy atom. The molecule has 1 amide bonds. The highest BCUT2D eigenvalue weighted by atomic mass is 32.2. The lowest BCUT2D eigenvalue weighted by atomic mass is 10.0. The lowest BCUT2D eigenvalue weighted by Gasteiger charge is -2.33. The summed E-state index contributed by atoms with van der Waals surface area (Å²) >= 11 is 1.09. The summed E-state index contributed by atoms with van der Waals surface area (Å²) in [4.78, 5) is 15.1. The highest BCUT2D eigenvalue weighted by Gasteiger charge is 2.33. The van der Waals surface area contributed by atoms with E-state index in [0.29, 0.717) is 11.3 Å². The maximum absolute atomic E-state index is 13.4. The van der Waals surface area contributed by atoms with Gasteiger partial charge in [-0.2, -0.15) is 4.31 Å². The second kappa shape index (κ2) is 12.3. The van der Waals surface area contributed by atoms with Crippen molar-refractivity contribution in [3.63, 3.8) is 0 Å². The molecule has 4 rings (SSSR count). The zero-order valence-electron chi connectivity index (χ0n) is 22.4. The molecule has 0 radical (unpaired) electrons. The monoisotopic (exact) mass is 607 g/mol. The van der Waals surface area contributed by atoms with Crippen LogP contribution in [0.5, 0.6) is 5.75 Å². The number of aliphatic hydroxyl groups is 1. The SMILES string of the molecule is C[C@H]1CN([C@@H](C)CO)C(=O)Cc2cc(NS(=O)(=O)c3cccs3)ccc2O[C@H]1CN(C)S(=O)(=O)c1ccccc1. The zero-order chi connectivity index (χ0) is 29.1. The number of carbonyl (C=O) groups is 1. The van der Waals surface area contributed by atoms with Crippen LogP contribution in [0.15, 0.2) is 75.1 Å². The number of ether oxygens (including phenoxy) is 1. The van der Waals surface area contributed by atoms with Crippen LogP contribution in [0.25, 0.3) is 0 Å². The van der Waals surface area contributed by atoms with E-state index in [1.54, 1.807) is 59.7 Å². The van der Waals surface area contributed by atoms with Crippen LogP contribution in [-0.2, 0) is 31.3 Å². The van der Waals surface area contributed by atoms with E-state index < -0.39 is 32.2 Å². The molecule has 2 N–H and O–H groups in total. The van der Waals surface area contributed by atoms with Gasteiger partial charge < -0.3 is 14.7 Å². The van der Waals surface area contributed by atoms with E-state index in [0.717, 1.165) is 11.3 Å². The Balaban J connectivity index is 1.68. The minimum atomic E-state index is -3.81. The van der Waals surface area contributed by atoms with Gasteiger partial charge in [-0.3, -0.25) is 9.52 Å². The molecule has 10 nitrogen and oxygen atoms in total. The maximum Gasteiger partial charge on any atom is 0.271 e. The van der Waals surface area contributed by atoms with Gasteiger partial charge in [-0.15, -0.1) is 11.3 Å². The second-order valence-corrected chi connectivity index (χ2v) is 14.7. The van der Waals surface area contributed by atoms with Gasteiger partial charge in [-0.05, 0) is 48.7 Å². The molecule has 0 bridgehead atoms. The number of benzene rings is 2. The van der Waals surface area contributed by atoms with E-state index in [1.165, 1.54) is 29.6 Å². The Hall–Kier alpha value is -2.97. The van der Waals surface area contributed by atoms with Gasteiger partial charge >= 0.3 is 0 Å². The van der Waals surface area contributed by atoms with Crippen LogP contribution in [0.2, 0.25) is 0 Å². The van der Waals surface area contributed by atoms with Crippen LogP contribution < -0.4 is 9.46 Å². The van der Waals surface area contributed by atoms with Crippen LogP contribution >= 0.6 is 11.3 Å². The number of fused-ring (bicyclic) bond motifs is 1.